The van der Waals surface area contributed by atoms with Gasteiger partial charge in [0.15, 0.2) is 0 Å². The van der Waals surface area contributed by atoms with Gasteiger partial charge >= 0.3 is 5.97 Å². The zero-order valence-corrected chi connectivity index (χ0v) is 21.9. The number of ether oxygens (including phenoxy) is 1. The van der Waals surface area contributed by atoms with E-state index < -0.39 is 17.9 Å². The normalized spacial score (nSPS) is 17.6. The first-order chi connectivity index (χ1) is 17.7. The van der Waals surface area contributed by atoms with Crippen molar-refractivity contribution in [3.05, 3.63) is 93.8 Å². The molecular weight excluding hydrogens is 493 g/mol. The molecule has 0 radical (unpaired) electrons. The standard InChI is InChI=1S/C30H33ClFNO4/c1-19-14-22(10-11-25(19)30(35)36)27-8-4-3-7-26(27)20(2)37-18-24(34)17-33-13-5-6-23(33)15-21-9-12-28(31)29(32)16-21/h3-4,7-12,14,16,20,23-24,34H,5-6,13,15,17-18H2,1-2H3,(H,35,36)/t20-,23+,24-/m1/s1. The van der Waals surface area contributed by atoms with Crippen LogP contribution >= 0.6 is 11.6 Å². The molecule has 2 N–H and O–H groups in total. The summed E-state index contributed by atoms with van der Waals surface area (Å²) in [5.41, 5.74) is 4.76. The average molecular weight is 526 g/mol. The number of β-amino-alcohol motifs (C(OH)–C–C–N with tert-alkyl or cyclic N) is 1. The number of benzene rings is 3. The van der Waals surface area contributed by atoms with E-state index >= 15 is 0 Å². The van der Waals surface area contributed by atoms with Crippen LogP contribution in [0.2, 0.25) is 5.02 Å². The molecule has 5 nitrogen and oxygen atoms in total. The second-order valence-electron chi connectivity index (χ2n) is 9.80. The Balaban J connectivity index is 1.36. The second-order valence-corrected chi connectivity index (χ2v) is 10.2. The molecule has 1 aliphatic rings. The molecule has 4 rings (SSSR count). The van der Waals surface area contributed by atoms with Gasteiger partial charge in [-0.2, -0.15) is 0 Å². The summed E-state index contributed by atoms with van der Waals surface area (Å²) >= 11 is 5.81. The Bertz CT molecular complexity index is 1250. The number of aliphatic hydroxyl groups is 1. The van der Waals surface area contributed by atoms with Crippen molar-refractivity contribution in [2.45, 2.75) is 51.4 Å². The van der Waals surface area contributed by atoms with Crippen molar-refractivity contribution in [1.82, 2.24) is 4.90 Å². The lowest BCUT2D eigenvalue weighted by molar-refractivity contribution is -0.0169. The maximum Gasteiger partial charge on any atom is 0.335 e. The number of carboxylic acid groups (broad SMARTS) is 1. The first kappa shape index (κ1) is 27.3. The number of hydrogen-bond donors (Lipinski definition) is 2. The molecular formula is C30H33ClFNO4. The number of aromatic carboxylic acids is 1. The van der Waals surface area contributed by atoms with E-state index in [0.717, 1.165) is 41.6 Å². The maximum atomic E-state index is 13.9. The van der Waals surface area contributed by atoms with E-state index in [0.29, 0.717) is 18.5 Å². The van der Waals surface area contributed by atoms with Gasteiger partial charge in [0, 0.05) is 12.6 Å². The van der Waals surface area contributed by atoms with E-state index in [1.807, 2.05) is 49.4 Å². The molecule has 1 heterocycles. The highest BCUT2D eigenvalue weighted by atomic mass is 35.5. The van der Waals surface area contributed by atoms with Crippen LogP contribution in [0, 0.1) is 12.7 Å². The molecule has 0 aromatic heterocycles. The van der Waals surface area contributed by atoms with E-state index in [4.69, 9.17) is 16.3 Å². The molecule has 3 aromatic rings. The van der Waals surface area contributed by atoms with Gasteiger partial charge in [-0.05, 0) is 85.7 Å². The summed E-state index contributed by atoms with van der Waals surface area (Å²) in [6.45, 7) is 5.32. The molecule has 0 saturated carbocycles. The van der Waals surface area contributed by atoms with Gasteiger partial charge in [-0.3, -0.25) is 4.90 Å². The minimum Gasteiger partial charge on any atom is -0.478 e. The van der Waals surface area contributed by atoms with Crippen LogP contribution in [0.3, 0.4) is 0 Å². The fourth-order valence-corrected chi connectivity index (χ4v) is 5.28. The van der Waals surface area contributed by atoms with Crippen LogP contribution < -0.4 is 0 Å². The van der Waals surface area contributed by atoms with Gasteiger partial charge in [0.1, 0.15) is 5.82 Å². The second kappa shape index (κ2) is 12.2. The number of aliphatic hydroxyl groups excluding tert-OH is 1. The van der Waals surface area contributed by atoms with Crippen LogP contribution in [0.1, 0.15) is 52.9 Å². The molecule has 0 amide bonds. The number of carbonyl (C=O) groups is 1. The monoisotopic (exact) mass is 525 g/mol. The molecule has 3 atom stereocenters. The molecule has 1 fully saturated rings. The lowest BCUT2D eigenvalue weighted by Crippen LogP contribution is -2.39. The topological polar surface area (TPSA) is 70.0 Å². The lowest BCUT2D eigenvalue weighted by Gasteiger charge is -2.28. The fraction of sp³-hybridized carbons (Fsp3) is 0.367. The van der Waals surface area contributed by atoms with Crippen molar-refractivity contribution in [1.29, 1.82) is 0 Å². The number of carboxylic acids is 1. The van der Waals surface area contributed by atoms with E-state index in [1.54, 1.807) is 19.1 Å². The first-order valence-corrected chi connectivity index (χ1v) is 13.0. The molecule has 7 heteroatoms. The van der Waals surface area contributed by atoms with Crippen LogP contribution in [0.4, 0.5) is 4.39 Å². The fourth-order valence-electron chi connectivity index (χ4n) is 5.16. The molecule has 0 bridgehead atoms. The number of rotatable bonds is 10. The third kappa shape index (κ3) is 6.76. The summed E-state index contributed by atoms with van der Waals surface area (Å²) in [4.78, 5) is 13.6. The summed E-state index contributed by atoms with van der Waals surface area (Å²) in [6, 6.07) is 18.4. The van der Waals surface area contributed by atoms with Crippen LogP contribution in [0.5, 0.6) is 0 Å². The SMILES string of the molecule is Cc1cc(-c2ccccc2[C@@H](C)OC[C@H](O)CN2CCC[C@H]2Cc2ccc(Cl)c(F)c2)ccc1C(=O)O. The maximum absolute atomic E-state index is 13.9. The molecule has 0 unspecified atom stereocenters. The van der Waals surface area contributed by atoms with Gasteiger partial charge in [0.2, 0.25) is 0 Å². The minimum atomic E-state index is -0.941. The Morgan fingerprint density at radius 1 is 1.19 bits per heavy atom. The highest BCUT2D eigenvalue weighted by Crippen LogP contribution is 2.31. The van der Waals surface area contributed by atoms with Gasteiger partial charge in [0.05, 0.1) is 29.4 Å². The summed E-state index contributed by atoms with van der Waals surface area (Å²) in [5.74, 6) is -1.34. The van der Waals surface area contributed by atoms with Gasteiger partial charge in [-0.25, -0.2) is 9.18 Å². The number of aryl methyl sites for hydroxylation is 1. The molecule has 0 spiro atoms. The van der Waals surface area contributed by atoms with Crippen LogP contribution in [-0.4, -0.2) is 52.9 Å². The van der Waals surface area contributed by atoms with Crippen molar-refractivity contribution in [3.8, 4) is 11.1 Å². The summed E-state index contributed by atoms with van der Waals surface area (Å²) in [5, 5.41) is 20.2. The predicted molar refractivity (Wildman–Crippen MR) is 144 cm³/mol. The molecule has 1 aliphatic heterocycles. The molecule has 196 valence electrons. The van der Waals surface area contributed by atoms with Crippen molar-refractivity contribution >= 4 is 17.6 Å². The minimum absolute atomic E-state index is 0.128. The number of hydrogen-bond acceptors (Lipinski definition) is 4. The van der Waals surface area contributed by atoms with E-state index in [9.17, 15) is 19.4 Å². The third-order valence-corrected chi connectivity index (χ3v) is 7.41. The number of nitrogens with zero attached hydrogens (tertiary/aromatic N) is 1. The van der Waals surface area contributed by atoms with Crippen LogP contribution in [0.15, 0.2) is 60.7 Å². The average Bonchev–Trinajstić information content (AvgIpc) is 3.30. The summed E-state index contributed by atoms with van der Waals surface area (Å²) in [6.07, 6.45) is 1.83. The van der Waals surface area contributed by atoms with Crippen molar-refractivity contribution in [2.75, 3.05) is 19.7 Å². The molecule has 37 heavy (non-hydrogen) atoms. The van der Waals surface area contributed by atoms with Gasteiger partial charge < -0.3 is 14.9 Å². The molecule has 1 saturated heterocycles. The largest absolute Gasteiger partial charge is 0.478 e. The zero-order valence-electron chi connectivity index (χ0n) is 21.2. The van der Waals surface area contributed by atoms with E-state index in [1.165, 1.54) is 6.07 Å². The van der Waals surface area contributed by atoms with Gasteiger partial charge in [-0.1, -0.05) is 54.1 Å². The predicted octanol–water partition coefficient (Wildman–Crippen LogP) is 6.30. The summed E-state index contributed by atoms with van der Waals surface area (Å²) in [7, 11) is 0. The molecule has 3 aromatic carbocycles. The first-order valence-electron chi connectivity index (χ1n) is 12.6. The lowest BCUT2D eigenvalue weighted by atomic mass is 9.94. The molecule has 0 aliphatic carbocycles. The Labute approximate surface area is 222 Å². The third-order valence-electron chi connectivity index (χ3n) is 7.10. The summed E-state index contributed by atoms with van der Waals surface area (Å²) < 4.78 is 20.0. The Morgan fingerprint density at radius 3 is 2.70 bits per heavy atom. The smallest absolute Gasteiger partial charge is 0.335 e. The van der Waals surface area contributed by atoms with Crippen LogP contribution in [-0.2, 0) is 11.2 Å². The van der Waals surface area contributed by atoms with Crippen LogP contribution in [0.25, 0.3) is 11.1 Å². The van der Waals surface area contributed by atoms with Gasteiger partial charge in [-0.15, -0.1) is 0 Å². The Hall–Kier alpha value is -2.77. The van der Waals surface area contributed by atoms with Crippen molar-refractivity contribution in [3.63, 3.8) is 0 Å². The van der Waals surface area contributed by atoms with E-state index in [-0.39, 0.29) is 29.3 Å². The highest BCUT2D eigenvalue weighted by Gasteiger charge is 2.27. The van der Waals surface area contributed by atoms with Crippen molar-refractivity contribution in [2.24, 2.45) is 0 Å². The Kier molecular flexibility index (Phi) is 8.98. The Morgan fingerprint density at radius 2 is 1.97 bits per heavy atom. The quantitative estimate of drug-likeness (QED) is 0.325. The number of halogens is 2. The number of likely N-dealkylation sites (tertiary alicyclic amines) is 1. The highest BCUT2D eigenvalue weighted by molar-refractivity contribution is 6.30. The van der Waals surface area contributed by atoms with E-state index in [2.05, 4.69) is 4.90 Å². The van der Waals surface area contributed by atoms with Gasteiger partial charge in [0.25, 0.3) is 0 Å². The zero-order chi connectivity index (χ0) is 26.5. The van der Waals surface area contributed by atoms with Crippen molar-refractivity contribution < 1.29 is 24.1 Å².